The molecule has 5 nitrogen and oxygen atoms in total. The summed E-state index contributed by atoms with van der Waals surface area (Å²) in [7, 11) is 2.40. The smallest absolute Gasteiger partial charge is 0.382 e. The third-order valence-corrected chi connectivity index (χ3v) is 2.77. The largest absolute Gasteiger partial charge is 0.496 e. The molecule has 7 heteroatoms. The first-order chi connectivity index (χ1) is 9.79. The molecule has 1 rings (SSSR count). The van der Waals surface area contributed by atoms with Crippen LogP contribution in [-0.2, 0) is 15.5 Å². The Hall–Kier alpha value is -2.18. The number of ether oxygens (including phenoxy) is 3. The normalized spacial score (nSPS) is 11.0. The second kappa shape index (κ2) is 6.51. The van der Waals surface area contributed by atoms with Crippen LogP contribution in [0.4, 0.5) is 8.78 Å². The van der Waals surface area contributed by atoms with Crippen LogP contribution in [0.1, 0.15) is 29.8 Å². The molecule has 21 heavy (non-hydrogen) atoms. The van der Waals surface area contributed by atoms with Crippen LogP contribution in [0, 0.1) is 0 Å². The van der Waals surface area contributed by atoms with E-state index in [0.29, 0.717) is 0 Å². The predicted molar refractivity (Wildman–Crippen MR) is 70.1 cm³/mol. The lowest BCUT2D eigenvalue weighted by molar-refractivity contribution is -0.173. The zero-order valence-electron chi connectivity index (χ0n) is 12.2. The fourth-order valence-corrected chi connectivity index (χ4v) is 1.75. The number of Topliss-reactive ketones (excluding diaryl/α,β-unsaturated/α-hetero) is 1. The third-order valence-electron chi connectivity index (χ3n) is 2.77. The molecule has 0 spiro atoms. The molecule has 0 amide bonds. The van der Waals surface area contributed by atoms with Gasteiger partial charge in [0, 0.05) is 0 Å². The molecule has 0 atom stereocenters. The van der Waals surface area contributed by atoms with Crippen molar-refractivity contribution < 1.29 is 32.6 Å². The molecule has 116 valence electrons. The minimum Gasteiger partial charge on any atom is -0.496 e. The van der Waals surface area contributed by atoms with E-state index in [1.807, 2.05) is 0 Å². The fourth-order valence-electron chi connectivity index (χ4n) is 1.75. The van der Waals surface area contributed by atoms with Crippen molar-refractivity contribution in [3.63, 3.8) is 0 Å². The van der Waals surface area contributed by atoms with Gasteiger partial charge in [-0.25, -0.2) is 4.79 Å². The lowest BCUT2D eigenvalue weighted by atomic mass is 10.0. The van der Waals surface area contributed by atoms with E-state index in [0.717, 1.165) is 19.2 Å². The summed E-state index contributed by atoms with van der Waals surface area (Å²) in [6.07, 6.45) is 0. The minimum atomic E-state index is -3.91. The van der Waals surface area contributed by atoms with Gasteiger partial charge in [0.2, 0.25) is 0 Å². The number of carbonyl (C=O) groups is 2. The number of benzene rings is 1. The first-order valence-electron chi connectivity index (χ1n) is 6.12. The van der Waals surface area contributed by atoms with E-state index in [-0.39, 0.29) is 29.5 Å². The number of ketones is 1. The maximum absolute atomic E-state index is 14.1. The monoisotopic (exact) mass is 302 g/mol. The molecule has 0 aliphatic rings. The summed E-state index contributed by atoms with van der Waals surface area (Å²) in [6.45, 7) is 2.50. The quantitative estimate of drug-likeness (QED) is 0.597. The summed E-state index contributed by atoms with van der Waals surface area (Å²) in [5.74, 6) is -6.34. The predicted octanol–water partition coefficient (Wildman–Crippen LogP) is 2.56. The second-order valence-corrected chi connectivity index (χ2v) is 4.10. The molecule has 0 fully saturated rings. The summed E-state index contributed by atoms with van der Waals surface area (Å²) in [4.78, 5) is 22.9. The summed E-state index contributed by atoms with van der Waals surface area (Å²) in [6, 6.07) is 2.02. The van der Waals surface area contributed by atoms with E-state index in [4.69, 9.17) is 9.47 Å². The van der Waals surface area contributed by atoms with Crippen molar-refractivity contribution in [1.29, 1.82) is 0 Å². The van der Waals surface area contributed by atoms with Crippen molar-refractivity contribution in [2.24, 2.45) is 0 Å². The number of hydrogen-bond donors (Lipinski definition) is 0. The summed E-state index contributed by atoms with van der Waals surface area (Å²) in [5, 5.41) is 0. The van der Waals surface area contributed by atoms with Gasteiger partial charge >= 0.3 is 11.9 Å². The molecule has 0 radical (unpaired) electrons. The lowest BCUT2D eigenvalue weighted by Gasteiger charge is -2.19. The van der Waals surface area contributed by atoms with Gasteiger partial charge in [-0.2, -0.15) is 8.78 Å². The van der Waals surface area contributed by atoms with E-state index in [2.05, 4.69) is 4.74 Å². The zero-order valence-corrected chi connectivity index (χ0v) is 12.2. The molecular formula is C14H16F2O5. The van der Waals surface area contributed by atoms with E-state index < -0.39 is 17.5 Å². The highest BCUT2D eigenvalue weighted by Gasteiger charge is 2.45. The van der Waals surface area contributed by atoms with Crippen LogP contribution in [0.5, 0.6) is 11.5 Å². The maximum atomic E-state index is 14.1. The zero-order chi connectivity index (χ0) is 16.2. The minimum absolute atomic E-state index is 0.0673. The van der Waals surface area contributed by atoms with Crippen molar-refractivity contribution in [1.82, 2.24) is 0 Å². The van der Waals surface area contributed by atoms with Gasteiger partial charge in [-0.1, -0.05) is 0 Å². The van der Waals surface area contributed by atoms with Crippen molar-refractivity contribution in [2.45, 2.75) is 19.8 Å². The van der Waals surface area contributed by atoms with Crippen LogP contribution in [0.25, 0.3) is 0 Å². The van der Waals surface area contributed by atoms with Gasteiger partial charge in [0.15, 0.2) is 5.78 Å². The SMILES string of the molecule is CCOC(=O)C(F)(F)c1cc(OC)c(C(C)=O)cc1OC. The molecule has 0 aliphatic carbocycles. The van der Waals surface area contributed by atoms with Crippen molar-refractivity contribution in [3.05, 3.63) is 23.3 Å². The van der Waals surface area contributed by atoms with Crippen LogP contribution in [0.15, 0.2) is 12.1 Å². The van der Waals surface area contributed by atoms with Gasteiger partial charge in [-0.05, 0) is 26.0 Å². The van der Waals surface area contributed by atoms with Gasteiger partial charge < -0.3 is 14.2 Å². The van der Waals surface area contributed by atoms with E-state index >= 15 is 0 Å². The Morgan fingerprint density at radius 3 is 2.14 bits per heavy atom. The molecule has 1 aromatic rings. The number of carbonyl (C=O) groups excluding carboxylic acids is 2. The fraction of sp³-hybridized carbons (Fsp3) is 0.429. The van der Waals surface area contributed by atoms with Crippen LogP contribution < -0.4 is 9.47 Å². The van der Waals surface area contributed by atoms with E-state index in [1.165, 1.54) is 21.0 Å². The molecular weight excluding hydrogens is 286 g/mol. The molecule has 0 unspecified atom stereocenters. The molecule has 0 saturated heterocycles. The highest BCUT2D eigenvalue weighted by molar-refractivity contribution is 5.97. The molecule has 0 aliphatic heterocycles. The first kappa shape index (κ1) is 16.9. The third kappa shape index (κ3) is 3.29. The Morgan fingerprint density at radius 1 is 1.14 bits per heavy atom. The number of hydrogen-bond acceptors (Lipinski definition) is 5. The second-order valence-electron chi connectivity index (χ2n) is 4.10. The van der Waals surface area contributed by atoms with Gasteiger partial charge in [0.1, 0.15) is 11.5 Å². The summed E-state index contributed by atoms with van der Waals surface area (Å²) < 4.78 is 42.4. The van der Waals surface area contributed by atoms with Gasteiger partial charge in [-0.3, -0.25) is 4.79 Å². The van der Waals surface area contributed by atoms with Gasteiger partial charge in [0.25, 0.3) is 0 Å². The van der Waals surface area contributed by atoms with Crippen molar-refractivity contribution >= 4 is 11.8 Å². The Bertz CT molecular complexity index is 555. The Kier molecular flexibility index (Phi) is 5.23. The van der Waals surface area contributed by atoms with Crippen LogP contribution in [-0.4, -0.2) is 32.6 Å². The molecule has 0 saturated carbocycles. The number of esters is 1. The van der Waals surface area contributed by atoms with Crippen LogP contribution in [0.3, 0.4) is 0 Å². The Morgan fingerprint density at radius 2 is 1.71 bits per heavy atom. The number of halogens is 2. The van der Waals surface area contributed by atoms with Crippen LogP contribution >= 0.6 is 0 Å². The number of alkyl halides is 2. The maximum Gasteiger partial charge on any atom is 0.382 e. The van der Waals surface area contributed by atoms with Crippen LogP contribution in [0.2, 0.25) is 0 Å². The average molecular weight is 302 g/mol. The Balaban J connectivity index is 3.48. The first-order valence-corrected chi connectivity index (χ1v) is 6.12. The highest BCUT2D eigenvalue weighted by atomic mass is 19.3. The molecule has 0 heterocycles. The number of rotatable bonds is 6. The summed E-state index contributed by atoms with van der Waals surface area (Å²) in [5.41, 5.74) is -0.636. The van der Waals surface area contributed by atoms with Gasteiger partial charge in [0.05, 0.1) is 32.0 Å². The average Bonchev–Trinajstić information content (AvgIpc) is 2.45. The van der Waals surface area contributed by atoms with Crippen molar-refractivity contribution in [3.8, 4) is 11.5 Å². The summed E-state index contributed by atoms with van der Waals surface area (Å²) >= 11 is 0. The lowest BCUT2D eigenvalue weighted by Crippen LogP contribution is -2.29. The molecule has 0 bridgehead atoms. The van der Waals surface area contributed by atoms with Gasteiger partial charge in [-0.15, -0.1) is 0 Å². The molecule has 0 N–H and O–H groups in total. The standard InChI is InChI=1S/C14H16F2O5/c1-5-21-13(18)14(15,16)10-7-11(19-3)9(8(2)17)6-12(10)20-4/h6-7H,5H2,1-4H3. The molecule has 0 aromatic heterocycles. The van der Waals surface area contributed by atoms with E-state index in [1.54, 1.807) is 0 Å². The van der Waals surface area contributed by atoms with Crippen molar-refractivity contribution in [2.75, 3.05) is 20.8 Å². The number of methoxy groups -OCH3 is 2. The topological polar surface area (TPSA) is 61.8 Å². The molecule has 1 aromatic carbocycles. The Labute approximate surface area is 120 Å². The van der Waals surface area contributed by atoms with E-state index in [9.17, 15) is 18.4 Å². The highest BCUT2D eigenvalue weighted by Crippen LogP contribution is 2.40.